The second-order valence-electron chi connectivity index (χ2n) is 4.56. The van der Waals surface area contributed by atoms with Crippen LogP contribution in [0.5, 0.6) is 0 Å². The molecule has 0 aromatic carbocycles. The van der Waals surface area contributed by atoms with E-state index in [1.54, 1.807) is 19.4 Å². The Hall–Kier alpha value is -1.65. The van der Waals surface area contributed by atoms with Crippen molar-refractivity contribution in [2.24, 2.45) is 0 Å². The second-order valence-corrected chi connectivity index (χ2v) is 4.56. The summed E-state index contributed by atoms with van der Waals surface area (Å²) in [5.74, 6) is 0.472. The lowest BCUT2D eigenvalue weighted by atomic mass is 10.2. The highest BCUT2D eigenvalue weighted by Gasteiger charge is 2.21. The number of ether oxygens (including phenoxy) is 1. The molecule has 0 fully saturated rings. The molecule has 5 heteroatoms. The lowest BCUT2D eigenvalue weighted by Gasteiger charge is -2.23. The molecular weight excluding hydrogens is 206 g/mol. The Kier molecular flexibility index (Phi) is 3.47. The zero-order chi connectivity index (χ0) is 12.3. The number of carbonyl (C=O) groups excluding carboxylic acids is 1. The predicted octanol–water partition coefficient (Wildman–Crippen LogP) is 2.16. The summed E-state index contributed by atoms with van der Waals surface area (Å²) >= 11 is 0. The molecule has 0 saturated carbocycles. The van der Waals surface area contributed by atoms with Crippen LogP contribution in [0, 0.1) is 6.92 Å². The maximum atomic E-state index is 11.7. The van der Waals surface area contributed by atoms with Crippen LogP contribution in [0.15, 0.2) is 12.4 Å². The average molecular weight is 223 g/mol. The molecule has 0 saturated heterocycles. The fourth-order valence-electron chi connectivity index (χ4n) is 0.983. The molecule has 0 aliphatic heterocycles. The number of hydrogen-bond acceptors (Lipinski definition) is 4. The summed E-state index contributed by atoms with van der Waals surface area (Å²) in [4.78, 5) is 21.2. The van der Waals surface area contributed by atoms with Gasteiger partial charge >= 0.3 is 6.09 Å². The van der Waals surface area contributed by atoms with Gasteiger partial charge in [-0.15, -0.1) is 0 Å². The van der Waals surface area contributed by atoms with Crippen LogP contribution in [-0.2, 0) is 4.74 Å². The number of aryl methyl sites for hydroxylation is 1. The van der Waals surface area contributed by atoms with Gasteiger partial charge in [-0.3, -0.25) is 9.88 Å². The summed E-state index contributed by atoms with van der Waals surface area (Å²) in [6, 6.07) is 0. The maximum Gasteiger partial charge on any atom is 0.415 e. The number of amides is 1. The van der Waals surface area contributed by atoms with Crippen molar-refractivity contribution in [3.63, 3.8) is 0 Å². The van der Waals surface area contributed by atoms with Gasteiger partial charge in [-0.05, 0) is 27.7 Å². The predicted molar refractivity (Wildman–Crippen MR) is 61.4 cm³/mol. The van der Waals surface area contributed by atoms with Crippen LogP contribution in [0.25, 0.3) is 0 Å². The van der Waals surface area contributed by atoms with E-state index in [-0.39, 0.29) is 0 Å². The van der Waals surface area contributed by atoms with Crippen molar-refractivity contribution < 1.29 is 9.53 Å². The van der Waals surface area contributed by atoms with Crippen molar-refractivity contribution in [2.75, 3.05) is 11.9 Å². The van der Waals surface area contributed by atoms with Gasteiger partial charge in [0.05, 0.1) is 18.1 Å². The quantitative estimate of drug-likeness (QED) is 0.732. The third-order valence-corrected chi connectivity index (χ3v) is 1.78. The lowest BCUT2D eigenvalue weighted by Crippen LogP contribution is -2.34. The molecule has 0 radical (unpaired) electrons. The van der Waals surface area contributed by atoms with Gasteiger partial charge in [0.15, 0.2) is 5.82 Å². The molecule has 1 rings (SSSR count). The highest BCUT2D eigenvalue weighted by atomic mass is 16.6. The van der Waals surface area contributed by atoms with Gasteiger partial charge in [-0.2, -0.15) is 0 Å². The topological polar surface area (TPSA) is 55.3 Å². The van der Waals surface area contributed by atoms with E-state index in [0.29, 0.717) is 5.82 Å². The number of rotatable bonds is 1. The first-order valence-electron chi connectivity index (χ1n) is 5.05. The van der Waals surface area contributed by atoms with Gasteiger partial charge in [-0.25, -0.2) is 9.78 Å². The van der Waals surface area contributed by atoms with E-state index >= 15 is 0 Å². The standard InChI is InChI=1S/C11H17N3O2/c1-8-6-13-9(7-12-8)14(5)10(15)16-11(2,3)4/h6-7H,1-5H3. The summed E-state index contributed by atoms with van der Waals surface area (Å²) < 4.78 is 5.20. The van der Waals surface area contributed by atoms with Gasteiger partial charge in [0.2, 0.25) is 0 Å². The molecule has 0 unspecified atom stereocenters. The molecule has 1 aromatic heterocycles. The first-order valence-corrected chi connectivity index (χ1v) is 5.05. The van der Waals surface area contributed by atoms with E-state index in [1.165, 1.54) is 4.90 Å². The number of nitrogens with zero attached hydrogens (tertiary/aromatic N) is 3. The molecule has 0 bridgehead atoms. The molecule has 0 aliphatic carbocycles. The highest BCUT2D eigenvalue weighted by molar-refractivity contribution is 5.85. The van der Waals surface area contributed by atoms with Crippen molar-refractivity contribution >= 4 is 11.9 Å². The number of anilines is 1. The minimum Gasteiger partial charge on any atom is -0.443 e. The molecule has 1 amide bonds. The Balaban J connectivity index is 2.74. The van der Waals surface area contributed by atoms with Crippen LogP contribution >= 0.6 is 0 Å². The Bertz CT molecular complexity index is 368. The maximum absolute atomic E-state index is 11.7. The van der Waals surface area contributed by atoms with E-state index < -0.39 is 11.7 Å². The normalized spacial score (nSPS) is 11.1. The van der Waals surface area contributed by atoms with Crippen LogP contribution in [0.4, 0.5) is 10.6 Å². The third-order valence-electron chi connectivity index (χ3n) is 1.78. The molecule has 88 valence electrons. The van der Waals surface area contributed by atoms with Gasteiger partial charge in [0.25, 0.3) is 0 Å². The Labute approximate surface area is 95.5 Å². The zero-order valence-electron chi connectivity index (χ0n) is 10.3. The highest BCUT2D eigenvalue weighted by Crippen LogP contribution is 2.13. The van der Waals surface area contributed by atoms with Crippen LogP contribution < -0.4 is 4.90 Å². The molecule has 0 aliphatic rings. The first kappa shape index (κ1) is 12.4. The van der Waals surface area contributed by atoms with E-state index in [1.807, 2.05) is 27.7 Å². The summed E-state index contributed by atoms with van der Waals surface area (Å²) in [6.07, 6.45) is 2.71. The Morgan fingerprint density at radius 3 is 2.38 bits per heavy atom. The van der Waals surface area contributed by atoms with Crippen LogP contribution in [-0.4, -0.2) is 28.7 Å². The van der Waals surface area contributed by atoms with E-state index in [4.69, 9.17) is 4.74 Å². The minimum absolute atomic E-state index is 0.439. The van der Waals surface area contributed by atoms with E-state index in [9.17, 15) is 4.79 Å². The van der Waals surface area contributed by atoms with Gasteiger partial charge in [0.1, 0.15) is 5.60 Å². The summed E-state index contributed by atoms with van der Waals surface area (Å²) in [5.41, 5.74) is 0.296. The number of hydrogen-bond donors (Lipinski definition) is 0. The molecular formula is C11H17N3O2. The minimum atomic E-state index is -0.510. The molecule has 1 heterocycles. The largest absolute Gasteiger partial charge is 0.443 e. The Morgan fingerprint density at radius 1 is 1.31 bits per heavy atom. The smallest absolute Gasteiger partial charge is 0.415 e. The average Bonchev–Trinajstić information content (AvgIpc) is 2.15. The number of aromatic nitrogens is 2. The van der Waals surface area contributed by atoms with Gasteiger partial charge < -0.3 is 4.74 Å². The molecule has 1 aromatic rings. The molecule has 16 heavy (non-hydrogen) atoms. The van der Waals surface area contributed by atoms with E-state index in [2.05, 4.69) is 9.97 Å². The van der Waals surface area contributed by atoms with Crippen molar-refractivity contribution in [2.45, 2.75) is 33.3 Å². The molecule has 0 atom stereocenters. The summed E-state index contributed by atoms with van der Waals surface area (Å²) in [5, 5.41) is 0. The monoisotopic (exact) mass is 223 g/mol. The SMILES string of the molecule is Cc1cnc(N(C)C(=O)OC(C)(C)C)cn1. The molecule has 5 nitrogen and oxygen atoms in total. The van der Waals surface area contributed by atoms with Crippen LogP contribution in [0.3, 0.4) is 0 Å². The Morgan fingerprint density at radius 2 is 1.94 bits per heavy atom. The first-order chi connectivity index (χ1) is 7.29. The van der Waals surface area contributed by atoms with Crippen molar-refractivity contribution in [1.82, 2.24) is 9.97 Å². The van der Waals surface area contributed by atoms with Crippen LogP contribution in [0.2, 0.25) is 0 Å². The fraction of sp³-hybridized carbons (Fsp3) is 0.545. The van der Waals surface area contributed by atoms with Crippen LogP contribution in [0.1, 0.15) is 26.5 Å². The fourth-order valence-corrected chi connectivity index (χ4v) is 0.983. The van der Waals surface area contributed by atoms with Gasteiger partial charge in [0, 0.05) is 7.05 Å². The van der Waals surface area contributed by atoms with Gasteiger partial charge in [-0.1, -0.05) is 0 Å². The van der Waals surface area contributed by atoms with Crippen molar-refractivity contribution in [3.8, 4) is 0 Å². The number of carbonyl (C=O) groups is 1. The summed E-state index contributed by atoms with van der Waals surface area (Å²) in [6.45, 7) is 7.29. The third kappa shape index (κ3) is 3.49. The van der Waals surface area contributed by atoms with E-state index in [0.717, 1.165) is 5.69 Å². The lowest BCUT2D eigenvalue weighted by molar-refractivity contribution is 0.0588. The van der Waals surface area contributed by atoms with Crippen molar-refractivity contribution in [3.05, 3.63) is 18.1 Å². The zero-order valence-corrected chi connectivity index (χ0v) is 10.3. The second kappa shape index (κ2) is 4.47. The molecule has 0 N–H and O–H groups in total. The summed E-state index contributed by atoms with van der Waals surface area (Å²) in [7, 11) is 1.60. The van der Waals surface area contributed by atoms with Crippen molar-refractivity contribution in [1.29, 1.82) is 0 Å². The molecule has 0 spiro atoms.